The molecule has 3 aromatic rings. The summed E-state index contributed by atoms with van der Waals surface area (Å²) >= 11 is 0. The van der Waals surface area contributed by atoms with Gasteiger partial charge in [0, 0.05) is 57.3 Å². The zero-order valence-corrected chi connectivity index (χ0v) is 25.3. The molecule has 0 aliphatic carbocycles. The Kier molecular flexibility index (Phi) is 9.29. The van der Waals surface area contributed by atoms with Gasteiger partial charge in [0.2, 0.25) is 0 Å². The van der Waals surface area contributed by atoms with Gasteiger partial charge in [-0.3, -0.25) is 0 Å². The highest BCUT2D eigenvalue weighted by atomic mass is 32.2. The van der Waals surface area contributed by atoms with E-state index in [9.17, 15) is 31.8 Å². The van der Waals surface area contributed by atoms with Crippen LogP contribution < -0.4 is 0 Å². The van der Waals surface area contributed by atoms with E-state index in [4.69, 9.17) is 14.0 Å². The molecule has 1 aromatic carbocycles. The molecule has 3 aliphatic heterocycles. The van der Waals surface area contributed by atoms with Crippen molar-refractivity contribution in [1.82, 2.24) is 28.8 Å². The Balaban J connectivity index is 1.16. The maximum absolute atomic E-state index is 13.8. The van der Waals surface area contributed by atoms with E-state index in [1.807, 2.05) is 0 Å². The third-order valence-electron chi connectivity index (χ3n) is 8.89. The highest BCUT2D eigenvalue weighted by Crippen LogP contribution is 2.36. The molecular weight excluding hydrogens is 621 g/mol. The molecule has 0 amide bonds. The van der Waals surface area contributed by atoms with Crippen LogP contribution in [0.5, 0.6) is 0 Å². The van der Waals surface area contributed by atoms with Crippen molar-refractivity contribution in [2.45, 2.75) is 68.5 Å². The van der Waals surface area contributed by atoms with E-state index in [2.05, 4.69) is 15.5 Å². The topological polar surface area (TPSA) is 156 Å². The molecule has 2 N–H and O–H groups in total. The van der Waals surface area contributed by atoms with E-state index in [-0.39, 0.29) is 23.6 Å². The van der Waals surface area contributed by atoms with Crippen LogP contribution in [0.1, 0.15) is 49.1 Å². The largest absolute Gasteiger partial charge is 0.394 e. The molecule has 0 bridgehead atoms. The molecule has 0 radical (unpaired) electrons. The number of piperidine rings is 1. The third kappa shape index (κ3) is 6.26. The monoisotopic (exact) mass is 656 g/mol. The van der Waals surface area contributed by atoms with E-state index in [0.29, 0.717) is 50.5 Å². The third-order valence-corrected chi connectivity index (χ3v) is 10.9. The lowest BCUT2D eigenvalue weighted by Gasteiger charge is -2.43. The Labute approximate surface area is 257 Å². The minimum Gasteiger partial charge on any atom is -0.394 e. The highest BCUT2D eigenvalue weighted by Gasteiger charge is 2.47. The normalized spacial score (nSPS) is 27.4. The standard InChI is InChI=1S/C28H35F3N6O7S/c1-42-28-23(13-18-12-22(44-33-18)16-4-8-36(9-5-16)45(40,41)35-6-2-3-7-35)43-24(15-38)27(39)26(28)37-14-21(32-34-37)17-10-19(29)25(31)20(30)11-17/h10-12,14,16,23-24,26-28,38-39H,2-9,13,15H2,1H3/t23-,24-,26+,27+,28+/m1/s1. The number of benzene rings is 1. The van der Waals surface area contributed by atoms with Crippen LogP contribution >= 0.6 is 0 Å². The number of hydrogen-bond acceptors (Lipinski definition) is 10. The molecule has 0 saturated carbocycles. The Hall–Kier alpha value is -2.93. The zero-order chi connectivity index (χ0) is 31.9. The molecule has 0 spiro atoms. The van der Waals surface area contributed by atoms with Gasteiger partial charge in [0.1, 0.15) is 35.8 Å². The van der Waals surface area contributed by atoms with Crippen molar-refractivity contribution in [2.75, 3.05) is 39.9 Å². The quantitative estimate of drug-likeness (QED) is 0.326. The lowest BCUT2D eigenvalue weighted by Crippen LogP contribution is -2.57. The molecule has 5 heterocycles. The molecule has 3 aliphatic rings. The van der Waals surface area contributed by atoms with Gasteiger partial charge in [0.25, 0.3) is 10.2 Å². The lowest BCUT2D eigenvalue weighted by molar-refractivity contribution is -0.212. The number of methoxy groups -OCH3 is 1. The SMILES string of the molecule is CO[C@@H]1[C@@H](n2cc(-c3cc(F)c(F)c(F)c3)nn2)[C@@H](O)[C@@H](CO)O[C@@H]1Cc1cc(C2CCN(S(=O)(=O)N3CCCC3)CC2)on1. The number of ether oxygens (including phenoxy) is 2. The van der Waals surface area contributed by atoms with Crippen LogP contribution in [0, 0.1) is 17.5 Å². The fraction of sp³-hybridized carbons (Fsp3) is 0.607. The lowest BCUT2D eigenvalue weighted by atomic mass is 9.90. The van der Waals surface area contributed by atoms with Crippen molar-refractivity contribution >= 4 is 10.2 Å². The molecule has 5 atom stereocenters. The van der Waals surface area contributed by atoms with Gasteiger partial charge in [0.05, 0.1) is 24.6 Å². The fourth-order valence-corrected chi connectivity index (χ4v) is 8.18. The van der Waals surface area contributed by atoms with Crippen LogP contribution in [0.15, 0.2) is 28.9 Å². The van der Waals surface area contributed by atoms with Crippen molar-refractivity contribution in [2.24, 2.45) is 0 Å². The molecule has 3 saturated heterocycles. The van der Waals surface area contributed by atoms with Crippen LogP contribution in [0.25, 0.3) is 11.3 Å². The Bertz CT molecular complexity index is 1570. The number of halogens is 3. The number of aliphatic hydroxyl groups excluding tert-OH is 2. The zero-order valence-electron chi connectivity index (χ0n) is 24.5. The number of rotatable bonds is 9. The van der Waals surface area contributed by atoms with Gasteiger partial charge in [0.15, 0.2) is 17.5 Å². The van der Waals surface area contributed by atoms with Crippen LogP contribution in [0.3, 0.4) is 0 Å². The van der Waals surface area contributed by atoms with E-state index in [1.54, 1.807) is 10.4 Å². The summed E-state index contributed by atoms with van der Waals surface area (Å²) in [5, 5.41) is 33.3. The van der Waals surface area contributed by atoms with Gasteiger partial charge < -0.3 is 24.2 Å². The van der Waals surface area contributed by atoms with Crippen LogP contribution in [0.2, 0.25) is 0 Å². The van der Waals surface area contributed by atoms with Crippen LogP contribution in [-0.2, 0) is 26.1 Å². The fourth-order valence-electron chi connectivity index (χ4n) is 6.46. The number of hydrogen-bond donors (Lipinski definition) is 2. The summed E-state index contributed by atoms with van der Waals surface area (Å²) in [6.07, 6.45) is 0.532. The molecule has 246 valence electrons. The van der Waals surface area contributed by atoms with Gasteiger partial charge in [-0.1, -0.05) is 10.4 Å². The average Bonchev–Trinajstić information content (AvgIpc) is 3.83. The van der Waals surface area contributed by atoms with Gasteiger partial charge >= 0.3 is 0 Å². The molecule has 45 heavy (non-hydrogen) atoms. The average molecular weight is 657 g/mol. The summed E-state index contributed by atoms with van der Waals surface area (Å²) in [4.78, 5) is 0. The van der Waals surface area contributed by atoms with Crippen molar-refractivity contribution in [3.8, 4) is 11.3 Å². The van der Waals surface area contributed by atoms with Crippen molar-refractivity contribution in [3.05, 3.63) is 53.3 Å². The molecule has 0 unspecified atom stereocenters. The molecular formula is C28H35F3N6O7S. The molecule has 3 fully saturated rings. The molecule has 17 heteroatoms. The van der Waals surface area contributed by atoms with Crippen LogP contribution in [0.4, 0.5) is 13.2 Å². The predicted molar refractivity (Wildman–Crippen MR) is 150 cm³/mol. The second kappa shape index (κ2) is 13.1. The number of aliphatic hydroxyl groups is 2. The van der Waals surface area contributed by atoms with Crippen molar-refractivity contribution < 1.29 is 45.8 Å². The number of nitrogens with zero attached hydrogens (tertiary/aromatic N) is 6. The first kappa shape index (κ1) is 32.0. The van der Waals surface area contributed by atoms with Gasteiger partial charge in [-0.25, -0.2) is 17.9 Å². The maximum atomic E-state index is 13.8. The maximum Gasteiger partial charge on any atom is 0.281 e. The van der Waals surface area contributed by atoms with E-state index in [1.165, 1.54) is 22.3 Å². The minimum atomic E-state index is -3.46. The second-order valence-corrected chi connectivity index (χ2v) is 13.6. The Morgan fingerprint density at radius 2 is 1.69 bits per heavy atom. The predicted octanol–water partition coefficient (Wildman–Crippen LogP) is 1.79. The summed E-state index contributed by atoms with van der Waals surface area (Å²) in [7, 11) is -2.04. The van der Waals surface area contributed by atoms with Gasteiger partial charge in [-0.15, -0.1) is 5.10 Å². The summed E-state index contributed by atoms with van der Waals surface area (Å²) in [5.74, 6) is -3.76. The first-order chi connectivity index (χ1) is 21.6. The van der Waals surface area contributed by atoms with E-state index >= 15 is 0 Å². The van der Waals surface area contributed by atoms with Crippen molar-refractivity contribution in [3.63, 3.8) is 0 Å². The highest BCUT2D eigenvalue weighted by molar-refractivity contribution is 7.86. The van der Waals surface area contributed by atoms with Gasteiger partial charge in [-0.2, -0.15) is 17.0 Å². The smallest absolute Gasteiger partial charge is 0.281 e. The van der Waals surface area contributed by atoms with Crippen LogP contribution in [-0.4, -0.2) is 112 Å². The molecule has 2 aromatic heterocycles. The minimum absolute atomic E-state index is 0.0174. The van der Waals surface area contributed by atoms with Crippen molar-refractivity contribution in [1.29, 1.82) is 0 Å². The first-order valence-corrected chi connectivity index (χ1v) is 16.2. The number of aromatic nitrogens is 4. The van der Waals surface area contributed by atoms with Gasteiger partial charge in [-0.05, 0) is 37.8 Å². The Morgan fingerprint density at radius 1 is 1.02 bits per heavy atom. The molecule has 13 nitrogen and oxygen atoms in total. The summed E-state index contributed by atoms with van der Waals surface area (Å²) in [6.45, 7) is 1.35. The summed E-state index contributed by atoms with van der Waals surface area (Å²) in [5.41, 5.74) is 0.504. The summed E-state index contributed by atoms with van der Waals surface area (Å²) in [6, 6.07) is 2.44. The second-order valence-electron chi connectivity index (χ2n) is 11.6. The summed E-state index contributed by atoms with van der Waals surface area (Å²) < 4.78 is 88.8. The Morgan fingerprint density at radius 3 is 2.33 bits per heavy atom. The molecule has 6 rings (SSSR count). The first-order valence-electron chi connectivity index (χ1n) is 14.8. The van der Waals surface area contributed by atoms with E-state index in [0.717, 1.165) is 25.0 Å². The van der Waals surface area contributed by atoms with E-state index < -0.39 is 64.7 Å².